The Hall–Kier alpha value is -2.66. The number of anilines is 1. The van der Waals surface area contributed by atoms with E-state index in [4.69, 9.17) is 16.3 Å². The zero-order chi connectivity index (χ0) is 17.6. The smallest absolute Gasteiger partial charge is 0.302 e. The van der Waals surface area contributed by atoms with Gasteiger partial charge >= 0.3 is 5.97 Å². The molecule has 6 heteroatoms. The highest BCUT2D eigenvalue weighted by Gasteiger charge is 2.09. The van der Waals surface area contributed by atoms with Gasteiger partial charge in [0.05, 0.1) is 12.1 Å². The number of para-hydroxylation sites is 1. The molecular formula is C19H18ClN3O2. The van der Waals surface area contributed by atoms with Gasteiger partial charge in [-0.05, 0) is 42.8 Å². The van der Waals surface area contributed by atoms with E-state index in [1.165, 1.54) is 6.92 Å². The maximum atomic E-state index is 10.8. The van der Waals surface area contributed by atoms with Crippen LogP contribution in [0.15, 0.2) is 48.5 Å². The van der Waals surface area contributed by atoms with Crippen LogP contribution in [-0.2, 0) is 9.53 Å². The van der Waals surface area contributed by atoms with Crippen LogP contribution in [0.2, 0.25) is 5.02 Å². The fourth-order valence-corrected chi connectivity index (χ4v) is 2.56. The van der Waals surface area contributed by atoms with Crippen molar-refractivity contribution in [3.05, 3.63) is 53.6 Å². The molecule has 25 heavy (non-hydrogen) atoms. The minimum absolute atomic E-state index is 0.266. The third-order valence-electron chi connectivity index (χ3n) is 3.62. The van der Waals surface area contributed by atoms with Gasteiger partial charge in [0.2, 0.25) is 0 Å². The molecule has 3 rings (SSSR count). The molecule has 128 valence electrons. The Morgan fingerprint density at radius 1 is 1.12 bits per heavy atom. The zero-order valence-corrected chi connectivity index (χ0v) is 14.6. The molecule has 1 heterocycles. The van der Waals surface area contributed by atoms with Gasteiger partial charge in [0.25, 0.3) is 0 Å². The predicted molar refractivity (Wildman–Crippen MR) is 99.7 cm³/mol. The fraction of sp³-hybridized carbons (Fsp3) is 0.211. The highest BCUT2D eigenvalue weighted by atomic mass is 35.5. The van der Waals surface area contributed by atoms with Crippen LogP contribution in [0.3, 0.4) is 0 Å². The number of hydrogen-bond acceptors (Lipinski definition) is 5. The number of rotatable bonds is 6. The normalized spacial score (nSPS) is 10.6. The summed E-state index contributed by atoms with van der Waals surface area (Å²) in [5, 5.41) is 4.94. The number of ether oxygens (including phenoxy) is 1. The van der Waals surface area contributed by atoms with Gasteiger partial charge in [0.15, 0.2) is 5.82 Å². The Balaban J connectivity index is 1.85. The van der Waals surface area contributed by atoms with Crippen molar-refractivity contribution in [1.29, 1.82) is 0 Å². The first kappa shape index (κ1) is 17.2. The lowest BCUT2D eigenvalue weighted by Gasteiger charge is -2.11. The van der Waals surface area contributed by atoms with Crippen LogP contribution in [0, 0.1) is 0 Å². The van der Waals surface area contributed by atoms with Gasteiger partial charge in [0.1, 0.15) is 5.82 Å². The van der Waals surface area contributed by atoms with Crippen molar-refractivity contribution in [2.24, 2.45) is 0 Å². The van der Waals surface area contributed by atoms with E-state index in [0.29, 0.717) is 30.4 Å². The molecule has 3 aromatic rings. The number of nitrogens with zero attached hydrogens (tertiary/aromatic N) is 2. The molecule has 1 aromatic heterocycles. The van der Waals surface area contributed by atoms with Crippen molar-refractivity contribution in [2.45, 2.75) is 13.3 Å². The summed E-state index contributed by atoms with van der Waals surface area (Å²) in [6, 6.07) is 15.3. The molecule has 0 fully saturated rings. The molecule has 0 bridgehead atoms. The average Bonchev–Trinajstić information content (AvgIpc) is 2.61. The van der Waals surface area contributed by atoms with Crippen LogP contribution in [0.25, 0.3) is 22.3 Å². The maximum absolute atomic E-state index is 10.8. The molecule has 0 radical (unpaired) electrons. The topological polar surface area (TPSA) is 64.1 Å². The van der Waals surface area contributed by atoms with E-state index in [9.17, 15) is 4.79 Å². The molecule has 0 aliphatic rings. The standard InChI is InChI=1S/C19H18ClN3O2/c1-13(24)25-12-4-11-21-19-16-5-2-3-6-17(16)22-18(23-19)14-7-9-15(20)10-8-14/h2-3,5-10H,4,11-12H2,1H3,(H,21,22,23). The summed E-state index contributed by atoms with van der Waals surface area (Å²) in [7, 11) is 0. The lowest BCUT2D eigenvalue weighted by atomic mass is 10.2. The number of esters is 1. The van der Waals surface area contributed by atoms with Gasteiger partial charge in [-0.1, -0.05) is 23.7 Å². The number of fused-ring (bicyclic) bond motifs is 1. The van der Waals surface area contributed by atoms with E-state index in [2.05, 4.69) is 15.3 Å². The number of aromatic nitrogens is 2. The van der Waals surface area contributed by atoms with Crippen molar-refractivity contribution in [3.63, 3.8) is 0 Å². The van der Waals surface area contributed by atoms with Crippen LogP contribution in [0.1, 0.15) is 13.3 Å². The maximum Gasteiger partial charge on any atom is 0.302 e. The van der Waals surface area contributed by atoms with Crippen molar-refractivity contribution in [2.75, 3.05) is 18.5 Å². The van der Waals surface area contributed by atoms with Crippen LogP contribution >= 0.6 is 11.6 Å². The van der Waals surface area contributed by atoms with Crippen LogP contribution < -0.4 is 5.32 Å². The quantitative estimate of drug-likeness (QED) is 0.527. The minimum Gasteiger partial charge on any atom is -0.466 e. The van der Waals surface area contributed by atoms with Gasteiger partial charge in [-0.25, -0.2) is 9.97 Å². The van der Waals surface area contributed by atoms with Gasteiger partial charge in [-0.3, -0.25) is 4.79 Å². The van der Waals surface area contributed by atoms with Gasteiger partial charge < -0.3 is 10.1 Å². The Morgan fingerprint density at radius 2 is 1.88 bits per heavy atom. The Kier molecular flexibility index (Phi) is 5.46. The predicted octanol–water partition coefficient (Wildman–Crippen LogP) is 4.32. The van der Waals surface area contributed by atoms with Gasteiger partial charge in [0, 0.05) is 29.4 Å². The van der Waals surface area contributed by atoms with Gasteiger partial charge in [-0.15, -0.1) is 0 Å². The summed E-state index contributed by atoms with van der Waals surface area (Å²) in [5.74, 6) is 1.13. The van der Waals surface area contributed by atoms with Crippen molar-refractivity contribution in [1.82, 2.24) is 9.97 Å². The highest BCUT2D eigenvalue weighted by Crippen LogP contribution is 2.25. The molecule has 0 saturated heterocycles. The van der Waals surface area contributed by atoms with Crippen LogP contribution in [0.5, 0.6) is 0 Å². The molecule has 0 aliphatic carbocycles. The van der Waals surface area contributed by atoms with Gasteiger partial charge in [-0.2, -0.15) is 0 Å². The number of halogens is 1. The van der Waals surface area contributed by atoms with Crippen LogP contribution in [-0.4, -0.2) is 29.1 Å². The van der Waals surface area contributed by atoms with E-state index in [1.807, 2.05) is 48.5 Å². The molecule has 0 atom stereocenters. The Labute approximate surface area is 151 Å². The van der Waals surface area contributed by atoms with Crippen molar-refractivity contribution in [3.8, 4) is 11.4 Å². The SMILES string of the molecule is CC(=O)OCCCNc1nc(-c2ccc(Cl)cc2)nc2ccccc12. The molecule has 0 spiro atoms. The molecule has 0 unspecified atom stereocenters. The fourth-order valence-electron chi connectivity index (χ4n) is 2.43. The summed E-state index contributed by atoms with van der Waals surface area (Å²) >= 11 is 5.96. The number of carbonyl (C=O) groups excluding carboxylic acids is 1. The summed E-state index contributed by atoms with van der Waals surface area (Å²) in [6.07, 6.45) is 0.703. The molecular weight excluding hydrogens is 338 g/mol. The van der Waals surface area contributed by atoms with E-state index >= 15 is 0 Å². The van der Waals surface area contributed by atoms with Crippen molar-refractivity contribution >= 4 is 34.3 Å². The second-order valence-electron chi connectivity index (χ2n) is 5.54. The number of hydrogen-bond donors (Lipinski definition) is 1. The average molecular weight is 356 g/mol. The molecule has 5 nitrogen and oxygen atoms in total. The zero-order valence-electron chi connectivity index (χ0n) is 13.8. The Bertz CT molecular complexity index is 881. The minimum atomic E-state index is -0.266. The van der Waals surface area contributed by atoms with Crippen LogP contribution in [0.4, 0.5) is 5.82 Å². The van der Waals surface area contributed by atoms with E-state index in [0.717, 1.165) is 22.3 Å². The summed E-state index contributed by atoms with van der Waals surface area (Å²) < 4.78 is 4.95. The monoisotopic (exact) mass is 355 g/mol. The first-order valence-electron chi connectivity index (χ1n) is 8.03. The third-order valence-corrected chi connectivity index (χ3v) is 3.88. The summed E-state index contributed by atoms with van der Waals surface area (Å²) in [4.78, 5) is 20.1. The molecule has 0 aliphatic heterocycles. The first-order valence-corrected chi connectivity index (χ1v) is 8.41. The largest absolute Gasteiger partial charge is 0.466 e. The number of benzene rings is 2. The number of nitrogens with one attached hydrogen (secondary N) is 1. The second-order valence-corrected chi connectivity index (χ2v) is 5.98. The van der Waals surface area contributed by atoms with E-state index in [-0.39, 0.29) is 5.97 Å². The van der Waals surface area contributed by atoms with Crippen molar-refractivity contribution < 1.29 is 9.53 Å². The summed E-state index contributed by atoms with van der Waals surface area (Å²) in [6.45, 7) is 2.44. The summed E-state index contributed by atoms with van der Waals surface area (Å²) in [5.41, 5.74) is 1.77. The molecule has 1 N–H and O–H groups in total. The lowest BCUT2D eigenvalue weighted by molar-refractivity contribution is -0.140. The highest BCUT2D eigenvalue weighted by molar-refractivity contribution is 6.30. The molecule has 0 saturated carbocycles. The first-order chi connectivity index (χ1) is 12.1. The Morgan fingerprint density at radius 3 is 2.64 bits per heavy atom. The number of carbonyl (C=O) groups is 1. The van der Waals surface area contributed by atoms with E-state index in [1.54, 1.807) is 0 Å². The lowest BCUT2D eigenvalue weighted by Crippen LogP contribution is -2.09. The van der Waals surface area contributed by atoms with E-state index < -0.39 is 0 Å². The second kappa shape index (κ2) is 7.94. The third kappa shape index (κ3) is 4.45. The molecule has 2 aromatic carbocycles. The molecule has 0 amide bonds.